The van der Waals surface area contributed by atoms with Gasteiger partial charge in [0.15, 0.2) is 0 Å². The zero-order chi connectivity index (χ0) is 15.4. The highest BCUT2D eigenvalue weighted by molar-refractivity contribution is 6.31. The first-order chi connectivity index (χ1) is 9.99. The molecule has 110 valence electrons. The van der Waals surface area contributed by atoms with Gasteiger partial charge in [-0.3, -0.25) is 10.1 Å². The molecule has 0 aromatic heterocycles. The molecule has 0 bridgehead atoms. The van der Waals surface area contributed by atoms with Gasteiger partial charge in [-0.05, 0) is 29.7 Å². The standard InChI is InChI=1S/C16H16ClNO3/c1-11(2)12-6-8-13(9-7-12)21-10-14-15(17)4-3-5-16(14)18(19)20/h3-9,11H,10H2,1-2H3. The average molecular weight is 306 g/mol. The van der Waals surface area contributed by atoms with E-state index in [9.17, 15) is 10.1 Å². The van der Waals surface area contributed by atoms with Crippen molar-refractivity contribution < 1.29 is 9.66 Å². The summed E-state index contributed by atoms with van der Waals surface area (Å²) in [4.78, 5) is 10.5. The molecule has 4 nitrogen and oxygen atoms in total. The summed E-state index contributed by atoms with van der Waals surface area (Å²) in [5.41, 5.74) is 1.57. The summed E-state index contributed by atoms with van der Waals surface area (Å²) in [6.07, 6.45) is 0. The summed E-state index contributed by atoms with van der Waals surface area (Å²) in [5, 5.41) is 11.3. The maximum absolute atomic E-state index is 11.0. The van der Waals surface area contributed by atoms with Crippen LogP contribution in [0.25, 0.3) is 0 Å². The first kappa shape index (κ1) is 15.3. The molecule has 0 aliphatic rings. The van der Waals surface area contributed by atoms with Crippen molar-refractivity contribution in [3.8, 4) is 5.75 Å². The predicted octanol–water partition coefficient (Wildman–Crippen LogP) is 4.95. The summed E-state index contributed by atoms with van der Waals surface area (Å²) < 4.78 is 5.61. The second-order valence-corrected chi connectivity index (χ2v) is 5.41. The van der Waals surface area contributed by atoms with Crippen LogP contribution in [0.2, 0.25) is 5.02 Å². The quantitative estimate of drug-likeness (QED) is 0.580. The summed E-state index contributed by atoms with van der Waals surface area (Å²) >= 11 is 6.02. The minimum Gasteiger partial charge on any atom is -0.489 e. The predicted molar refractivity (Wildman–Crippen MR) is 83.0 cm³/mol. The number of hydrogen-bond donors (Lipinski definition) is 0. The topological polar surface area (TPSA) is 52.4 Å². The zero-order valence-corrected chi connectivity index (χ0v) is 12.6. The van der Waals surface area contributed by atoms with Crippen LogP contribution in [-0.2, 0) is 6.61 Å². The van der Waals surface area contributed by atoms with Crippen LogP contribution in [-0.4, -0.2) is 4.92 Å². The van der Waals surface area contributed by atoms with Crippen LogP contribution >= 0.6 is 11.6 Å². The SMILES string of the molecule is CC(C)c1ccc(OCc2c(Cl)cccc2[N+](=O)[O-])cc1. The van der Waals surface area contributed by atoms with E-state index in [0.29, 0.717) is 22.3 Å². The van der Waals surface area contributed by atoms with Crippen LogP contribution < -0.4 is 4.74 Å². The van der Waals surface area contributed by atoms with E-state index in [1.165, 1.54) is 11.6 Å². The lowest BCUT2D eigenvalue weighted by Crippen LogP contribution is -2.01. The third-order valence-corrected chi connectivity index (χ3v) is 3.57. The highest BCUT2D eigenvalue weighted by Crippen LogP contribution is 2.28. The number of rotatable bonds is 5. The fourth-order valence-corrected chi connectivity index (χ4v) is 2.19. The molecule has 5 heteroatoms. The molecular formula is C16H16ClNO3. The van der Waals surface area contributed by atoms with E-state index in [4.69, 9.17) is 16.3 Å². The van der Waals surface area contributed by atoms with Gasteiger partial charge in [-0.15, -0.1) is 0 Å². The molecule has 0 aliphatic carbocycles. The Hall–Kier alpha value is -2.07. The van der Waals surface area contributed by atoms with Gasteiger partial charge < -0.3 is 4.74 Å². The zero-order valence-electron chi connectivity index (χ0n) is 11.9. The summed E-state index contributed by atoms with van der Waals surface area (Å²) in [6.45, 7) is 4.29. The van der Waals surface area contributed by atoms with Crippen molar-refractivity contribution in [3.05, 3.63) is 68.7 Å². The molecular weight excluding hydrogens is 290 g/mol. The van der Waals surface area contributed by atoms with E-state index in [0.717, 1.165) is 0 Å². The molecule has 0 heterocycles. The lowest BCUT2D eigenvalue weighted by molar-refractivity contribution is -0.385. The minimum absolute atomic E-state index is 0.0266. The maximum atomic E-state index is 11.0. The normalized spacial score (nSPS) is 10.7. The minimum atomic E-state index is -0.452. The Morgan fingerprint density at radius 2 is 1.86 bits per heavy atom. The average Bonchev–Trinajstić information content (AvgIpc) is 2.46. The van der Waals surface area contributed by atoms with Crippen molar-refractivity contribution >= 4 is 17.3 Å². The third-order valence-electron chi connectivity index (χ3n) is 3.22. The molecule has 0 spiro atoms. The largest absolute Gasteiger partial charge is 0.489 e. The Balaban J connectivity index is 2.15. The Morgan fingerprint density at radius 1 is 1.19 bits per heavy atom. The van der Waals surface area contributed by atoms with E-state index in [1.807, 2.05) is 24.3 Å². The number of nitro groups is 1. The molecule has 0 unspecified atom stereocenters. The van der Waals surface area contributed by atoms with E-state index < -0.39 is 4.92 Å². The number of ether oxygens (including phenoxy) is 1. The van der Waals surface area contributed by atoms with Gasteiger partial charge in [0.2, 0.25) is 0 Å². The number of benzene rings is 2. The molecule has 0 N–H and O–H groups in total. The smallest absolute Gasteiger partial charge is 0.277 e. The Morgan fingerprint density at radius 3 is 2.43 bits per heavy atom. The highest BCUT2D eigenvalue weighted by atomic mass is 35.5. The molecule has 0 saturated heterocycles. The van der Waals surface area contributed by atoms with Gasteiger partial charge in [0.1, 0.15) is 12.4 Å². The van der Waals surface area contributed by atoms with Gasteiger partial charge in [-0.25, -0.2) is 0 Å². The van der Waals surface area contributed by atoms with Gasteiger partial charge in [0.05, 0.1) is 15.5 Å². The number of nitro benzene ring substituents is 1. The Bertz CT molecular complexity index is 638. The molecule has 0 aliphatic heterocycles. The van der Waals surface area contributed by atoms with Gasteiger partial charge in [0.25, 0.3) is 5.69 Å². The molecule has 2 rings (SSSR count). The van der Waals surface area contributed by atoms with E-state index in [2.05, 4.69) is 13.8 Å². The number of halogens is 1. The first-order valence-electron chi connectivity index (χ1n) is 6.63. The molecule has 0 radical (unpaired) electrons. The van der Waals surface area contributed by atoms with Crippen molar-refractivity contribution in [1.29, 1.82) is 0 Å². The number of nitrogens with zero attached hydrogens (tertiary/aromatic N) is 1. The van der Waals surface area contributed by atoms with Gasteiger partial charge in [0, 0.05) is 6.07 Å². The molecule has 0 atom stereocenters. The second-order valence-electron chi connectivity index (χ2n) is 5.01. The Labute approximate surface area is 128 Å². The molecule has 2 aromatic carbocycles. The first-order valence-corrected chi connectivity index (χ1v) is 7.01. The van der Waals surface area contributed by atoms with E-state index in [1.54, 1.807) is 12.1 Å². The molecule has 0 saturated carbocycles. The fraction of sp³-hybridized carbons (Fsp3) is 0.250. The molecule has 0 fully saturated rings. The van der Waals surface area contributed by atoms with Gasteiger partial charge in [-0.2, -0.15) is 0 Å². The lowest BCUT2D eigenvalue weighted by Gasteiger charge is -2.10. The molecule has 0 amide bonds. The van der Waals surface area contributed by atoms with Crippen LogP contribution in [0.4, 0.5) is 5.69 Å². The fourth-order valence-electron chi connectivity index (χ4n) is 1.97. The van der Waals surface area contributed by atoms with Crippen LogP contribution in [0.1, 0.15) is 30.9 Å². The van der Waals surface area contributed by atoms with Gasteiger partial charge in [-0.1, -0.05) is 43.6 Å². The molecule has 21 heavy (non-hydrogen) atoms. The van der Waals surface area contributed by atoms with Crippen molar-refractivity contribution in [2.45, 2.75) is 26.4 Å². The Kier molecular flexibility index (Phi) is 4.81. The van der Waals surface area contributed by atoms with Crippen LogP contribution in [0.15, 0.2) is 42.5 Å². The summed E-state index contributed by atoms with van der Waals surface area (Å²) in [5.74, 6) is 1.11. The summed E-state index contributed by atoms with van der Waals surface area (Å²) in [7, 11) is 0. The van der Waals surface area contributed by atoms with Crippen molar-refractivity contribution in [2.75, 3.05) is 0 Å². The van der Waals surface area contributed by atoms with Crippen molar-refractivity contribution in [1.82, 2.24) is 0 Å². The lowest BCUT2D eigenvalue weighted by atomic mass is 10.0. The van der Waals surface area contributed by atoms with Crippen molar-refractivity contribution in [2.24, 2.45) is 0 Å². The van der Waals surface area contributed by atoms with E-state index >= 15 is 0 Å². The highest BCUT2D eigenvalue weighted by Gasteiger charge is 2.17. The van der Waals surface area contributed by atoms with Gasteiger partial charge >= 0.3 is 0 Å². The molecule has 2 aromatic rings. The summed E-state index contributed by atoms with van der Waals surface area (Å²) in [6, 6.07) is 12.3. The van der Waals surface area contributed by atoms with Crippen molar-refractivity contribution in [3.63, 3.8) is 0 Å². The maximum Gasteiger partial charge on any atom is 0.277 e. The van der Waals surface area contributed by atoms with Crippen LogP contribution in [0, 0.1) is 10.1 Å². The van der Waals surface area contributed by atoms with E-state index in [-0.39, 0.29) is 12.3 Å². The second kappa shape index (κ2) is 6.59. The number of hydrogen-bond acceptors (Lipinski definition) is 3. The third kappa shape index (κ3) is 3.73. The van der Waals surface area contributed by atoms with Crippen LogP contribution in [0.3, 0.4) is 0 Å². The van der Waals surface area contributed by atoms with Crippen LogP contribution in [0.5, 0.6) is 5.75 Å². The monoisotopic (exact) mass is 305 g/mol.